The summed E-state index contributed by atoms with van der Waals surface area (Å²) in [4.78, 5) is 0. The van der Waals surface area contributed by atoms with Crippen molar-refractivity contribution >= 4 is 12.6 Å². The topological polar surface area (TPSA) is 0 Å². The van der Waals surface area contributed by atoms with Crippen molar-refractivity contribution in [3.63, 3.8) is 0 Å². The Labute approximate surface area is 63.8 Å². The minimum atomic E-state index is 1.01. The van der Waals surface area contributed by atoms with Crippen molar-refractivity contribution in [1.82, 2.24) is 0 Å². The van der Waals surface area contributed by atoms with Gasteiger partial charge in [0.1, 0.15) is 0 Å². The number of thiol groups is 1. The van der Waals surface area contributed by atoms with Crippen LogP contribution in [0, 0.1) is 0 Å². The highest BCUT2D eigenvalue weighted by molar-refractivity contribution is 7.80. The van der Waals surface area contributed by atoms with Gasteiger partial charge in [0, 0.05) is 0 Å². The average Bonchev–Trinajstić information content (AvgIpc) is 1.89. The van der Waals surface area contributed by atoms with Crippen molar-refractivity contribution in [1.29, 1.82) is 0 Å². The van der Waals surface area contributed by atoms with Gasteiger partial charge in [0.25, 0.3) is 0 Å². The van der Waals surface area contributed by atoms with Gasteiger partial charge in [-0.25, -0.2) is 0 Å². The molecule has 0 aromatic carbocycles. The molecule has 9 heavy (non-hydrogen) atoms. The second-order valence-electron chi connectivity index (χ2n) is 2.28. The molecule has 1 heteroatoms. The Hall–Kier alpha value is 0.0900. The summed E-state index contributed by atoms with van der Waals surface area (Å²) >= 11 is 4.12. The Kier molecular flexibility index (Phi) is 6.28. The molecule has 0 aliphatic rings. The summed E-state index contributed by atoms with van der Waals surface area (Å²) in [6, 6.07) is 0. The van der Waals surface area contributed by atoms with E-state index in [9.17, 15) is 0 Å². The van der Waals surface area contributed by atoms with E-state index in [4.69, 9.17) is 0 Å². The Morgan fingerprint density at radius 3 is 2.56 bits per heavy atom. The first-order chi connectivity index (χ1) is 4.31. The molecule has 0 nitrogen and oxygen atoms in total. The zero-order chi connectivity index (χ0) is 7.11. The summed E-state index contributed by atoms with van der Waals surface area (Å²) < 4.78 is 0. The number of hydrogen-bond donors (Lipinski definition) is 1. The highest BCUT2D eigenvalue weighted by Crippen LogP contribution is 2.08. The van der Waals surface area contributed by atoms with Crippen LogP contribution in [0.5, 0.6) is 0 Å². The van der Waals surface area contributed by atoms with E-state index in [1.807, 2.05) is 0 Å². The van der Waals surface area contributed by atoms with Crippen LogP contribution in [-0.2, 0) is 0 Å². The van der Waals surface area contributed by atoms with E-state index in [0.29, 0.717) is 0 Å². The standard InChI is InChI=1S/C8H16S/c1-3-8(2)6-4-5-7-9/h9H,2-7H2,1H3. The summed E-state index contributed by atoms with van der Waals surface area (Å²) in [6.07, 6.45) is 4.81. The van der Waals surface area contributed by atoms with Crippen LogP contribution in [0.25, 0.3) is 0 Å². The van der Waals surface area contributed by atoms with Crippen LogP contribution >= 0.6 is 12.6 Å². The molecule has 0 aliphatic heterocycles. The van der Waals surface area contributed by atoms with Gasteiger partial charge in [-0.3, -0.25) is 0 Å². The molecule has 0 radical (unpaired) electrons. The van der Waals surface area contributed by atoms with Crippen LogP contribution in [-0.4, -0.2) is 5.75 Å². The van der Waals surface area contributed by atoms with Crippen LogP contribution in [0.2, 0.25) is 0 Å². The molecule has 0 amide bonds. The summed E-state index contributed by atoms with van der Waals surface area (Å²) in [5, 5.41) is 0. The van der Waals surface area contributed by atoms with Gasteiger partial charge < -0.3 is 0 Å². The Balaban J connectivity index is 2.97. The monoisotopic (exact) mass is 144 g/mol. The molecule has 0 aromatic rings. The molecule has 0 heterocycles. The highest BCUT2D eigenvalue weighted by Gasteiger charge is 1.89. The van der Waals surface area contributed by atoms with E-state index in [1.165, 1.54) is 24.8 Å². The fourth-order valence-electron chi connectivity index (χ4n) is 0.664. The molecule has 0 fully saturated rings. The van der Waals surface area contributed by atoms with Crippen molar-refractivity contribution in [2.75, 3.05) is 5.75 Å². The number of allylic oxidation sites excluding steroid dienone is 1. The average molecular weight is 144 g/mol. The minimum Gasteiger partial charge on any atom is -0.179 e. The zero-order valence-electron chi connectivity index (χ0n) is 6.19. The van der Waals surface area contributed by atoms with Crippen LogP contribution in [0.4, 0.5) is 0 Å². The molecule has 0 rings (SSSR count). The molecule has 0 aromatic heterocycles. The SMILES string of the molecule is C=C(CC)CCCCS. The second-order valence-corrected chi connectivity index (χ2v) is 2.73. The van der Waals surface area contributed by atoms with Gasteiger partial charge in [-0.05, 0) is 31.4 Å². The first kappa shape index (κ1) is 9.09. The molecule has 0 bridgehead atoms. The predicted molar refractivity (Wildman–Crippen MR) is 47.1 cm³/mol. The molecule has 0 aliphatic carbocycles. The lowest BCUT2D eigenvalue weighted by molar-refractivity contribution is 0.776. The summed E-state index contributed by atoms with van der Waals surface area (Å²) in [6.45, 7) is 6.08. The van der Waals surface area contributed by atoms with Crippen molar-refractivity contribution in [3.05, 3.63) is 12.2 Å². The van der Waals surface area contributed by atoms with Crippen molar-refractivity contribution < 1.29 is 0 Å². The van der Waals surface area contributed by atoms with Crippen molar-refractivity contribution in [3.8, 4) is 0 Å². The lowest BCUT2D eigenvalue weighted by Crippen LogP contribution is -1.80. The largest absolute Gasteiger partial charge is 0.179 e. The van der Waals surface area contributed by atoms with Gasteiger partial charge in [-0.2, -0.15) is 12.6 Å². The van der Waals surface area contributed by atoms with Crippen LogP contribution in [0.15, 0.2) is 12.2 Å². The Bertz CT molecular complexity index is 76.6. The minimum absolute atomic E-state index is 1.01. The predicted octanol–water partition coefficient (Wildman–Crippen LogP) is 3.05. The molecule has 0 spiro atoms. The summed E-state index contributed by atoms with van der Waals surface area (Å²) in [7, 11) is 0. The lowest BCUT2D eigenvalue weighted by Gasteiger charge is -1.98. The summed E-state index contributed by atoms with van der Waals surface area (Å²) in [5.74, 6) is 1.01. The van der Waals surface area contributed by atoms with E-state index < -0.39 is 0 Å². The van der Waals surface area contributed by atoms with E-state index in [1.54, 1.807) is 0 Å². The molecule has 54 valence electrons. The van der Waals surface area contributed by atoms with Gasteiger partial charge in [-0.1, -0.05) is 19.1 Å². The van der Waals surface area contributed by atoms with Crippen molar-refractivity contribution in [2.24, 2.45) is 0 Å². The molecule has 0 atom stereocenters. The van der Waals surface area contributed by atoms with E-state index >= 15 is 0 Å². The molecular formula is C8H16S. The van der Waals surface area contributed by atoms with Crippen molar-refractivity contribution in [2.45, 2.75) is 32.6 Å². The van der Waals surface area contributed by atoms with Gasteiger partial charge in [-0.15, -0.1) is 0 Å². The maximum absolute atomic E-state index is 4.12. The number of hydrogen-bond acceptors (Lipinski definition) is 1. The van der Waals surface area contributed by atoms with E-state index in [2.05, 4.69) is 26.1 Å². The Morgan fingerprint density at radius 1 is 1.44 bits per heavy atom. The zero-order valence-corrected chi connectivity index (χ0v) is 7.08. The lowest BCUT2D eigenvalue weighted by atomic mass is 10.1. The summed E-state index contributed by atoms with van der Waals surface area (Å²) in [5.41, 5.74) is 1.37. The maximum atomic E-state index is 4.12. The fraction of sp³-hybridized carbons (Fsp3) is 0.750. The smallest absolute Gasteiger partial charge is 0.00978 e. The fourth-order valence-corrected chi connectivity index (χ4v) is 0.887. The van der Waals surface area contributed by atoms with Gasteiger partial charge in [0.2, 0.25) is 0 Å². The van der Waals surface area contributed by atoms with E-state index in [-0.39, 0.29) is 0 Å². The third kappa shape index (κ3) is 5.97. The first-order valence-electron chi connectivity index (χ1n) is 3.58. The number of unbranched alkanes of at least 4 members (excludes halogenated alkanes) is 1. The molecule has 0 N–H and O–H groups in total. The quantitative estimate of drug-likeness (QED) is 0.342. The maximum Gasteiger partial charge on any atom is -0.00978 e. The third-order valence-corrected chi connectivity index (χ3v) is 1.75. The molecule has 0 saturated heterocycles. The molecular weight excluding hydrogens is 128 g/mol. The molecule has 0 saturated carbocycles. The number of rotatable bonds is 5. The van der Waals surface area contributed by atoms with E-state index in [0.717, 1.165) is 12.2 Å². The van der Waals surface area contributed by atoms with Crippen LogP contribution in [0.1, 0.15) is 32.6 Å². The highest BCUT2D eigenvalue weighted by atomic mass is 32.1. The second kappa shape index (κ2) is 6.21. The van der Waals surface area contributed by atoms with Gasteiger partial charge >= 0.3 is 0 Å². The Morgan fingerprint density at radius 2 is 2.11 bits per heavy atom. The van der Waals surface area contributed by atoms with Crippen LogP contribution < -0.4 is 0 Å². The molecule has 0 unspecified atom stereocenters. The van der Waals surface area contributed by atoms with Crippen LogP contribution in [0.3, 0.4) is 0 Å². The first-order valence-corrected chi connectivity index (χ1v) is 4.22. The van der Waals surface area contributed by atoms with Gasteiger partial charge in [0.05, 0.1) is 0 Å². The third-order valence-electron chi connectivity index (χ3n) is 1.44. The normalized spacial score (nSPS) is 9.56. The van der Waals surface area contributed by atoms with Gasteiger partial charge in [0.15, 0.2) is 0 Å².